The molecule has 9 heteroatoms. The first-order valence-electron chi connectivity index (χ1n) is 12.8. The zero-order chi connectivity index (χ0) is 27.8. The van der Waals surface area contributed by atoms with Crippen molar-refractivity contribution >= 4 is 22.3 Å². The van der Waals surface area contributed by atoms with Crippen LogP contribution >= 0.6 is 0 Å². The van der Waals surface area contributed by atoms with Gasteiger partial charge in [-0.15, -0.1) is 0 Å². The van der Waals surface area contributed by atoms with E-state index in [0.29, 0.717) is 39.2 Å². The van der Waals surface area contributed by atoms with Gasteiger partial charge < -0.3 is 5.32 Å². The van der Waals surface area contributed by atoms with Crippen LogP contribution in [0.3, 0.4) is 0 Å². The third kappa shape index (κ3) is 4.41. The van der Waals surface area contributed by atoms with Crippen LogP contribution in [0.15, 0.2) is 90.2 Å². The molecule has 0 aliphatic heterocycles. The van der Waals surface area contributed by atoms with E-state index in [1.807, 2.05) is 74.8 Å². The molecule has 40 heavy (non-hydrogen) atoms. The third-order valence-electron chi connectivity index (χ3n) is 6.72. The quantitative estimate of drug-likeness (QED) is 0.350. The van der Waals surface area contributed by atoms with Gasteiger partial charge in [-0.2, -0.15) is 10.2 Å². The van der Waals surface area contributed by atoms with Crippen molar-refractivity contribution in [3.8, 4) is 17.5 Å². The molecule has 0 saturated heterocycles. The summed E-state index contributed by atoms with van der Waals surface area (Å²) < 4.78 is 4.91. The van der Waals surface area contributed by atoms with E-state index in [4.69, 9.17) is 0 Å². The van der Waals surface area contributed by atoms with E-state index in [1.165, 1.54) is 0 Å². The summed E-state index contributed by atoms with van der Waals surface area (Å²) in [6.45, 7) is 3.64. The Bertz CT molecular complexity index is 2020. The van der Waals surface area contributed by atoms with Crippen molar-refractivity contribution in [1.82, 2.24) is 34.3 Å². The summed E-state index contributed by atoms with van der Waals surface area (Å²) in [6, 6.07) is 18.2. The predicted molar refractivity (Wildman–Crippen MR) is 152 cm³/mol. The maximum Gasteiger partial charge on any atom is 0.264 e. The van der Waals surface area contributed by atoms with E-state index in [-0.39, 0.29) is 11.5 Å². The van der Waals surface area contributed by atoms with Crippen molar-refractivity contribution in [2.24, 2.45) is 7.05 Å². The standard InChI is InChI=1S/C31H25N7O2/c1-20(34-30(39)27-21(2)35-37-16-8-15-32-29(27)37)26-17-24-10-7-9-23(14-13-22-18-33-36(3)19-22)28(24)31(40)38(26)25-11-5-4-6-12-25/h4-12,15-20H,1-3H3,(H,34,39). The van der Waals surface area contributed by atoms with Gasteiger partial charge in [0, 0.05) is 42.6 Å². The number of benzene rings is 2. The van der Waals surface area contributed by atoms with Gasteiger partial charge in [-0.3, -0.25) is 18.8 Å². The molecule has 6 aromatic rings. The van der Waals surface area contributed by atoms with Gasteiger partial charge in [-0.05, 0) is 49.6 Å². The highest BCUT2D eigenvalue weighted by Crippen LogP contribution is 2.24. The van der Waals surface area contributed by atoms with E-state index >= 15 is 0 Å². The number of aromatic nitrogens is 6. The molecule has 0 saturated carbocycles. The fourth-order valence-electron chi connectivity index (χ4n) is 4.88. The van der Waals surface area contributed by atoms with E-state index in [0.717, 1.165) is 10.9 Å². The summed E-state index contributed by atoms with van der Waals surface area (Å²) in [5, 5.41) is 12.9. The van der Waals surface area contributed by atoms with Crippen LogP contribution in [0.2, 0.25) is 0 Å². The number of pyridine rings is 1. The van der Waals surface area contributed by atoms with Crippen molar-refractivity contribution in [3.05, 3.63) is 124 Å². The number of nitrogens with zero attached hydrogens (tertiary/aromatic N) is 6. The Labute approximate surface area is 229 Å². The number of carbonyl (C=O) groups is 1. The van der Waals surface area contributed by atoms with Gasteiger partial charge in [0.2, 0.25) is 0 Å². The first kappa shape index (κ1) is 24.8. The molecule has 0 aliphatic rings. The number of carbonyl (C=O) groups excluding carboxylic acids is 1. The lowest BCUT2D eigenvalue weighted by Gasteiger charge is -2.21. The van der Waals surface area contributed by atoms with Crippen LogP contribution in [0.4, 0.5) is 0 Å². The second-order valence-electron chi connectivity index (χ2n) is 9.51. The number of hydrogen-bond acceptors (Lipinski definition) is 5. The Morgan fingerprint density at radius 3 is 2.65 bits per heavy atom. The highest BCUT2D eigenvalue weighted by atomic mass is 16.2. The minimum atomic E-state index is -0.520. The maximum atomic E-state index is 14.2. The number of hydrogen-bond donors (Lipinski definition) is 1. The van der Waals surface area contributed by atoms with Crippen molar-refractivity contribution < 1.29 is 4.79 Å². The number of para-hydroxylation sites is 1. The van der Waals surface area contributed by atoms with Crippen LogP contribution in [0.5, 0.6) is 0 Å². The molecule has 0 aliphatic carbocycles. The molecule has 4 aromatic heterocycles. The molecule has 0 spiro atoms. The largest absolute Gasteiger partial charge is 0.344 e. The fraction of sp³-hybridized carbons (Fsp3) is 0.129. The summed E-state index contributed by atoms with van der Waals surface area (Å²) in [6.07, 6.45) is 6.89. The molecule has 1 unspecified atom stereocenters. The minimum absolute atomic E-state index is 0.218. The second-order valence-corrected chi connectivity index (χ2v) is 9.51. The highest BCUT2D eigenvalue weighted by Gasteiger charge is 2.23. The lowest BCUT2D eigenvalue weighted by molar-refractivity contribution is 0.0939. The molecular formula is C31H25N7O2. The van der Waals surface area contributed by atoms with Gasteiger partial charge in [0.25, 0.3) is 11.5 Å². The molecule has 1 atom stereocenters. The van der Waals surface area contributed by atoms with Gasteiger partial charge in [0.05, 0.1) is 28.9 Å². The Balaban J connectivity index is 1.48. The zero-order valence-electron chi connectivity index (χ0n) is 22.2. The van der Waals surface area contributed by atoms with Crippen LogP contribution in [0.1, 0.15) is 45.8 Å². The number of aryl methyl sites for hydroxylation is 2. The van der Waals surface area contributed by atoms with Gasteiger partial charge in [-0.25, -0.2) is 9.50 Å². The first-order valence-corrected chi connectivity index (χ1v) is 12.8. The summed E-state index contributed by atoms with van der Waals surface area (Å²) in [7, 11) is 1.83. The summed E-state index contributed by atoms with van der Waals surface area (Å²) in [5.41, 5.74) is 3.92. The van der Waals surface area contributed by atoms with Gasteiger partial charge >= 0.3 is 0 Å². The van der Waals surface area contributed by atoms with Crippen LogP contribution in [-0.4, -0.2) is 34.9 Å². The Hall–Kier alpha value is -5.49. The Morgan fingerprint density at radius 1 is 1.05 bits per heavy atom. The molecular weight excluding hydrogens is 502 g/mol. The Morgan fingerprint density at radius 2 is 1.88 bits per heavy atom. The highest BCUT2D eigenvalue weighted by molar-refractivity contribution is 6.01. The molecule has 0 fully saturated rings. The van der Waals surface area contributed by atoms with Crippen LogP contribution in [-0.2, 0) is 7.05 Å². The van der Waals surface area contributed by atoms with Crippen LogP contribution < -0.4 is 10.9 Å². The van der Waals surface area contributed by atoms with Crippen molar-refractivity contribution in [2.75, 3.05) is 0 Å². The molecule has 1 amide bonds. The van der Waals surface area contributed by atoms with E-state index in [9.17, 15) is 9.59 Å². The molecule has 0 bridgehead atoms. The lowest BCUT2D eigenvalue weighted by Crippen LogP contribution is -2.32. The SMILES string of the molecule is Cc1nn2cccnc2c1C(=O)NC(C)c1cc2cccc(C#Cc3cnn(C)c3)c2c(=O)n1-c1ccccc1. The van der Waals surface area contributed by atoms with Crippen LogP contribution in [0.25, 0.3) is 22.1 Å². The molecule has 9 nitrogen and oxygen atoms in total. The summed E-state index contributed by atoms with van der Waals surface area (Å²) >= 11 is 0. The molecule has 0 radical (unpaired) electrons. The van der Waals surface area contributed by atoms with Crippen molar-refractivity contribution in [3.63, 3.8) is 0 Å². The fourth-order valence-corrected chi connectivity index (χ4v) is 4.88. The Kier molecular flexibility index (Phi) is 6.21. The van der Waals surface area contributed by atoms with Crippen molar-refractivity contribution in [2.45, 2.75) is 19.9 Å². The molecule has 4 heterocycles. The topological polar surface area (TPSA) is 99.1 Å². The van der Waals surface area contributed by atoms with E-state index < -0.39 is 6.04 Å². The number of fused-ring (bicyclic) bond motifs is 2. The predicted octanol–water partition coefficient (Wildman–Crippen LogP) is 3.97. The smallest absolute Gasteiger partial charge is 0.264 e. The van der Waals surface area contributed by atoms with Gasteiger partial charge in [0.15, 0.2) is 5.65 Å². The number of amides is 1. The molecule has 196 valence electrons. The van der Waals surface area contributed by atoms with Gasteiger partial charge in [-0.1, -0.05) is 42.2 Å². The number of nitrogens with one attached hydrogen (secondary N) is 1. The molecule has 6 rings (SSSR count). The normalized spacial score (nSPS) is 11.8. The molecule has 2 aromatic carbocycles. The number of rotatable bonds is 4. The molecule has 1 N–H and O–H groups in total. The third-order valence-corrected chi connectivity index (χ3v) is 6.72. The average Bonchev–Trinajstić information content (AvgIpc) is 3.53. The summed E-state index contributed by atoms with van der Waals surface area (Å²) in [5.74, 6) is 5.95. The summed E-state index contributed by atoms with van der Waals surface area (Å²) in [4.78, 5) is 32.0. The maximum absolute atomic E-state index is 14.2. The lowest BCUT2D eigenvalue weighted by atomic mass is 10.0. The average molecular weight is 528 g/mol. The minimum Gasteiger partial charge on any atom is -0.344 e. The first-order chi connectivity index (χ1) is 19.4. The zero-order valence-corrected chi connectivity index (χ0v) is 22.2. The van der Waals surface area contributed by atoms with E-state index in [2.05, 4.69) is 32.3 Å². The van der Waals surface area contributed by atoms with E-state index in [1.54, 1.807) is 45.3 Å². The van der Waals surface area contributed by atoms with Crippen molar-refractivity contribution in [1.29, 1.82) is 0 Å². The monoisotopic (exact) mass is 527 g/mol. The van der Waals surface area contributed by atoms with Gasteiger partial charge in [0.1, 0.15) is 5.56 Å². The van der Waals surface area contributed by atoms with Crippen LogP contribution in [0, 0.1) is 18.8 Å². The second kappa shape index (κ2) is 10.0.